The molecule has 0 unspecified atom stereocenters. The summed E-state index contributed by atoms with van der Waals surface area (Å²) in [6.45, 7) is 2.20. The molecule has 0 bridgehead atoms. The van der Waals surface area contributed by atoms with E-state index in [-0.39, 0.29) is 11.9 Å². The van der Waals surface area contributed by atoms with Crippen LogP contribution in [0.25, 0.3) is 10.8 Å². The summed E-state index contributed by atoms with van der Waals surface area (Å²) in [5.74, 6) is 1.03. The number of amides is 1. The number of benzene rings is 3. The molecular weight excluding hydrogens is 362 g/mol. The molecular formula is C25H25NO3. The Labute approximate surface area is 171 Å². The second kappa shape index (κ2) is 7.53. The first kappa shape index (κ1) is 18.2. The molecule has 0 N–H and O–H groups in total. The molecule has 0 saturated carbocycles. The van der Waals surface area contributed by atoms with Gasteiger partial charge < -0.3 is 14.4 Å². The molecule has 0 spiro atoms. The van der Waals surface area contributed by atoms with Crippen LogP contribution >= 0.6 is 0 Å². The Morgan fingerprint density at radius 1 is 1.03 bits per heavy atom. The van der Waals surface area contributed by atoms with Crippen molar-refractivity contribution in [2.24, 2.45) is 0 Å². The molecule has 0 aromatic heterocycles. The maximum atomic E-state index is 13.3. The van der Waals surface area contributed by atoms with Crippen molar-refractivity contribution in [3.63, 3.8) is 0 Å². The van der Waals surface area contributed by atoms with Gasteiger partial charge in [-0.1, -0.05) is 36.4 Å². The lowest BCUT2D eigenvalue weighted by molar-refractivity contribution is 0.0304. The van der Waals surface area contributed by atoms with Crippen LogP contribution in [0.3, 0.4) is 0 Å². The Kier molecular flexibility index (Phi) is 4.72. The van der Waals surface area contributed by atoms with Gasteiger partial charge in [-0.25, -0.2) is 0 Å². The highest BCUT2D eigenvalue weighted by molar-refractivity contribution is 6.05. The minimum atomic E-state index is 0.175. The van der Waals surface area contributed by atoms with Crippen LogP contribution in [0.1, 0.15) is 39.9 Å². The minimum absolute atomic E-state index is 0.175. The largest absolute Gasteiger partial charge is 0.497 e. The topological polar surface area (TPSA) is 38.8 Å². The van der Waals surface area contributed by atoms with Crippen LogP contribution in [-0.4, -0.2) is 37.2 Å². The zero-order valence-electron chi connectivity index (χ0n) is 16.7. The van der Waals surface area contributed by atoms with Gasteiger partial charge in [0.2, 0.25) is 0 Å². The molecule has 5 rings (SSSR count). The fourth-order valence-corrected chi connectivity index (χ4v) is 4.67. The third-order valence-corrected chi connectivity index (χ3v) is 6.25. The van der Waals surface area contributed by atoms with Crippen molar-refractivity contribution in [2.45, 2.75) is 31.8 Å². The molecule has 2 heterocycles. The Morgan fingerprint density at radius 2 is 1.76 bits per heavy atom. The zero-order chi connectivity index (χ0) is 19.8. The molecule has 0 atom stereocenters. The highest BCUT2D eigenvalue weighted by Crippen LogP contribution is 2.36. The molecule has 0 aliphatic carbocycles. The normalized spacial score (nSPS) is 17.0. The summed E-state index contributed by atoms with van der Waals surface area (Å²) < 4.78 is 10.8. The number of fused-ring (bicyclic) bond motifs is 3. The average Bonchev–Trinajstić information content (AvgIpc) is 3.12. The van der Waals surface area contributed by atoms with E-state index in [0.717, 1.165) is 43.8 Å². The predicted molar refractivity (Wildman–Crippen MR) is 113 cm³/mol. The molecule has 148 valence electrons. The van der Waals surface area contributed by atoms with Crippen molar-refractivity contribution in [1.82, 2.24) is 4.90 Å². The average molecular weight is 387 g/mol. The summed E-state index contributed by atoms with van der Waals surface area (Å²) in [6, 6.07) is 19.1. The number of carbonyl (C=O) groups is 1. The molecule has 1 fully saturated rings. The Bertz CT molecular complexity index is 1050. The number of hydrogen-bond acceptors (Lipinski definition) is 3. The third kappa shape index (κ3) is 3.28. The standard InChI is InChI=1S/C25H25NO3/c1-28-20-8-6-17(7-9-20)14-18-15-23-24(22-5-3-2-4-21(18)22)16-26(25(23)27)19-10-12-29-13-11-19/h2-9,15,19H,10-14,16H2,1H3. The maximum absolute atomic E-state index is 13.3. The van der Waals surface area contributed by atoms with E-state index >= 15 is 0 Å². The van der Waals surface area contributed by atoms with Gasteiger partial charge in [-0.05, 0) is 64.9 Å². The summed E-state index contributed by atoms with van der Waals surface area (Å²) in [7, 11) is 1.68. The summed E-state index contributed by atoms with van der Waals surface area (Å²) in [6.07, 6.45) is 2.65. The van der Waals surface area contributed by atoms with Crippen molar-refractivity contribution in [2.75, 3.05) is 20.3 Å². The van der Waals surface area contributed by atoms with Gasteiger partial charge in [-0.3, -0.25) is 4.79 Å². The van der Waals surface area contributed by atoms with Crippen LogP contribution in [-0.2, 0) is 17.7 Å². The van der Waals surface area contributed by atoms with Crippen LogP contribution in [0, 0.1) is 0 Å². The molecule has 4 heteroatoms. The summed E-state index contributed by atoms with van der Waals surface area (Å²) in [5, 5.41) is 2.44. The fraction of sp³-hybridized carbons (Fsp3) is 0.320. The van der Waals surface area contributed by atoms with Gasteiger partial charge in [0, 0.05) is 31.4 Å². The molecule has 3 aromatic carbocycles. The van der Waals surface area contributed by atoms with Gasteiger partial charge in [-0.2, -0.15) is 0 Å². The van der Waals surface area contributed by atoms with Crippen LogP contribution in [0.5, 0.6) is 5.75 Å². The van der Waals surface area contributed by atoms with Gasteiger partial charge in [0.15, 0.2) is 0 Å². The summed E-state index contributed by atoms with van der Waals surface area (Å²) >= 11 is 0. The van der Waals surface area contributed by atoms with Crippen molar-refractivity contribution >= 4 is 16.7 Å². The van der Waals surface area contributed by atoms with Gasteiger partial charge in [0.25, 0.3) is 5.91 Å². The number of methoxy groups -OCH3 is 1. The van der Waals surface area contributed by atoms with Crippen molar-refractivity contribution in [1.29, 1.82) is 0 Å². The quantitative estimate of drug-likeness (QED) is 0.658. The molecule has 1 amide bonds. The maximum Gasteiger partial charge on any atom is 0.254 e. The van der Waals surface area contributed by atoms with E-state index in [1.807, 2.05) is 12.1 Å². The Balaban J connectivity index is 1.54. The van der Waals surface area contributed by atoms with Gasteiger partial charge in [0.05, 0.1) is 7.11 Å². The van der Waals surface area contributed by atoms with Gasteiger partial charge in [-0.15, -0.1) is 0 Å². The Hall–Kier alpha value is -2.85. The highest BCUT2D eigenvalue weighted by Gasteiger charge is 2.35. The van der Waals surface area contributed by atoms with Gasteiger partial charge in [0.1, 0.15) is 5.75 Å². The lowest BCUT2D eigenvalue weighted by atomic mass is 9.92. The molecule has 0 radical (unpaired) electrons. The zero-order valence-corrected chi connectivity index (χ0v) is 16.7. The first-order chi connectivity index (χ1) is 14.2. The minimum Gasteiger partial charge on any atom is -0.497 e. The van der Waals surface area contributed by atoms with E-state index in [9.17, 15) is 4.79 Å². The molecule has 2 aliphatic rings. The van der Waals surface area contributed by atoms with E-state index in [2.05, 4.69) is 47.4 Å². The van der Waals surface area contributed by atoms with Crippen LogP contribution in [0.15, 0.2) is 54.6 Å². The first-order valence-electron chi connectivity index (χ1n) is 10.3. The lowest BCUT2D eigenvalue weighted by Crippen LogP contribution is -2.39. The highest BCUT2D eigenvalue weighted by atomic mass is 16.5. The summed E-state index contributed by atoms with van der Waals surface area (Å²) in [5.41, 5.74) is 4.46. The Morgan fingerprint density at radius 3 is 2.48 bits per heavy atom. The van der Waals surface area contributed by atoms with Crippen LogP contribution in [0.4, 0.5) is 0 Å². The molecule has 1 saturated heterocycles. The predicted octanol–water partition coefficient (Wildman–Crippen LogP) is 4.57. The molecule has 3 aromatic rings. The van der Waals surface area contributed by atoms with E-state index in [1.54, 1.807) is 7.11 Å². The van der Waals surface area contributed by atoms with Crippen LogP contribution in [0.2, 0.25) is 0 Å². The number of rotatable bonds is 4. The second-order valence-corrected chi connectivity index (χ2v) is 7.91. The van der Waals surface area contributed by atoms with E-state index in [0.29, 0.717) is 6.54 Å². The van der Waals surface area contributed by atoms with Gasteiger partial charge >= 0.3 is 0 Å². The number of hydrogen-bond donors (Lipinski definition) is 0. The lowest BCUT2D eigenvalue weighted by Gasteiger charge is -2.30. The molecule has 29 heavy (non-hydrogen) atoms. The van der Waals surface area contributed by atoms with Crippen molar-refractivity contribution in [3.05, 3.63) is 76.9 Å². The summed E-state index contributed by atoms with van der Waals surface area (Å²) in [4.78, 5) is 15.4. The van der Waals surface area contributed by atoms with Crippen molar-refractivity contribution in [3.8, 4) is 5.75 Å². The first-order valence-corrected chi connectivity index (χ1v) is 10.3. The van der Waals surface area contributed by atoms with E-state index in [4.69, 9.17) is 9.47 Å². The fourth-order valence-electron chi connectivity index (χ4n) is 4.67. The second-order valence-electron chi connectivity index (χ2n) is 7.91. The third-order valence-electron chi connectivity index (χ3n) is 6.25. The van der Waals surface area contributed by atoms with Crippen molar-refractivity contribution < 1.29 is 14.3 Å². The van der Waals surface area contributed by atoms with E-state index < -0.39 is 0 Å². The number of ether oxygens (including phenoxy) is 2. The van der Waals surface area contributed by atoms with E-state index in [1.165, 1.54) is 27.5 Å². The monoisotopic (exact) mass is 387 g/mol. The number of nitrogens with zero attached hydrogens (tertiary/aromatic N) is 1. The van der Waals surface area contributed by atoms with Crippen LogP contribution < -0.4 is 4.74 Å². The SMILES string of the molecule is COc1ccc(Cc2cc3c(c4ccccc24)CN(C2CCOCC2)C3=O)cc1. The smallest absolute Gasteiger partial charge is 0.254 e. The molecule has 2 aliphatic heterocycles. The molecule has 4 nitrogen and oxygen atoms in total. The number of carbonyl (C=O) groups excluding carboxylic acids is 1.